The van der Waals surface area contributed by atoms with E-state index in [1.54, 1.807) is 12.4 Å². The SMILES string of the molecule is CC(C)(C)C(=O)Nc1ccc(-c2cn3ccnnc3n2)cc1. The van der Waals surface area contributed by atoms with Crippen LogP contribution in [0, 0.1) is 5.41 Å². The zero-order chi connectivity index (χ0) is 15.7. The van der Waals surface area contributed by atoms with Crippen LogP contribution in [0.3, 0.4) is 0 Å². The minimum absolute atomic E-state index is 0.0109. The lowest BCUT2D eigenvalue weighted by Gasteiger charge is -2.17. The highest BCUT2D eigenvalue weighted by Crippen LogP contribution is 2.22. The molecule has 3 aromatic rings. The van der Waals surface area contributed by atoms with E-state index in [2.05, 4.69) is 20.5 Å². The number of nitrogens with one attached hydrogen (secondary N) is 1. The summed E-state index contributed by atoms with van der Waals surface area (Å²) in [5.41, 5.74) is 2.12. The van der Waals surface area contributed by atoms with Gasteiger partial charge in [-0.15, -0.1) is 5.10 Å². The maximum Gasteiger partial charge on any atom is 0.254 e. The number of fused-ring (bicyclic) bond motifs is 1. The van der Waals surface area contributed by atoms with Gasteiger partial charge in [0.15, 0.2) is 0 Å². The third kappa shape index (κ3) is 2.81. The fourth-order valence-corrected chi connectivity index (χ4v) is 1.94. The average molecular weight is 295 g/mol. The maximum atomic E-state index is 12.0. The van der Waals surface area contributed by atoms with E-state index < -0.39 is 5.41 Å². The highest BCUT2D eigenvalue weighted by molar-refractivity contribution is 5.94. The summed E-state index contributed by atoms with van der Waals surface area (Å²) in [6.45, 7) is 5.65. The Morgan fingerprint density at radius 2 is 1.91 bits per heavy atom. The topological polar surface area (TPSA) is 72.2 Å². The molecule has 0 saturated heterocycles. The molecule has 3 rings (SSSR count). The third-order valence-corrected chi connectivity index (χ3v) is 3.27. The van der Waals surface area contributed by atoms with Gasteiger partial charge in [-0.25, -0.2) is 4.98 Å². The summed E-state index contributed by atoms with van der Waals surface area (Å²) in [5, 5.41) is 10.7. The number of aromatic nitrogens is 4. The second kappa shape index (κ2) is 5.22. The number of carbonyl (C=O) groups is 1. The Balaban J connectivity index is 1.83. The molecule has 2 heterocycles. The van der Waals surface area contributed by atoms with Crippen molar-refractivity contribution in [1.82, 2.24) is 19.6 Å². The van der Waals surface area contributed by atoms with Gasteiger partial charge in [0.2, 0.25) is 5.91 Å². The molecule has 0 aliphatic carbocycles. The van der Waals surface area contributed by atoms with Crippen molar-refractivity contribution in [3.63, 3.8) is 0 Å². The average Bonchev–Trinajstić information content (AvgIpc) is 2.91. The number of imidazole rings is 1. The number of nitrogens with zero attached hydrogens (tertiary/aromatic N) is 4. The molecule has 0 radical (unpaired) electrons. The largest absolute Gasteiger partial charge is 0.326 e. The summed E-state index contributed by atoms with van der Waals surface area (Å²) < 4.78 is 1.82. The Labute approximate surface area is 128 Å². The first-order valence-electron chi connectivity index (χ1n) is 7.02. The molecule has 112 valence electrons. The smallest absolute Gasteiger partial charge is 0.254 e. The van der Waals surface area contributed by atoms with Gasteiger partial charge in [0.05, 0.1) is 11.9 Å². The first-order valence-corrected chi connectivity index (χ1v) is 7.02. The number of rotatable bonds is 2. The number of anilines is 1. The molecule has 0 spiro atoms. The molecular formula is C16H17N5O. The molecule has 0 atom stereocenters. The maximum absolute atomic E-state index is 12.0. The van der Waals surface area contributed by atoms with Gasteiger partial charge in [-0.05, 0) is 12.1 Å². The number of benzene rings is 1. The summed E-state index contributed by atoms with van der Waals surface area (Å²) in [6.07, 6.45) is 5.31. The number of hydrogen-bond donors (Lipinski definition) is 1. The predicted octanol–water partition coefficient (Wildman–Crippen LogP) is 2.78. The molecule has 1 N–H and O–H groups in total. The van der Waals surface area contributed by atoms with E-state index in [4.69, 9.17) is 0 Å². The van der Waals surface area contributed by atoms with Gasteiger partial charge in [0.25, 0.3) is 5.78 Å². The van der Waals surface area contributed by atoms with Gasteiger partial charge >= 0.3 is 0 Å². The van der Waals surface area contributed by atoms with Crippen molar-refractivity contribution < 1.29 is 4.79 Å². The van der Waals surface area contributed by atoms with Crippen molar-refractivity contribution in [2.24, 2.45) is 5.41 Å². The van der Waals surface area contributed by atoms with E-state index in [9.17, 15) is 4.79 Å². The molecule has 0 fully saturated rings. The van der Waals surface area contributed by atoms with Gasteiger partial charge in [-0.2, -0.15) is 5.10 Å². The molecule has 1 amide bonds. The number of amides is 1. The molecule has 0 unspecified atom stereocenters. The van der Waals surface area contributed by atoms with Crippen molar-refractivity contribution in [3.8, 4) is 11.3 Å². The first-order chi connectivity index (χ1) is 10.4. The van der Waals surface area contributed by atoms with E-state index in [-0.39, 0.29) is 5.91 Å². The highest BCUT2D eigenvalue weighted by atomic mass is 16.2. The first kappa shape index (κ1) is 14.2. The Morgan fingerprint density at radius 1 is 1.18 bits per heavy atom. The molecule has 0 bridgehead atoms. The lowest BCUT2D eigenvalue weighted by Crippen LogP contribution is -2.27. The van der Waals surface area contributed by atoms with Crippen LogP contribution in [0.25, 0.3) is 17.0 Å². The quantitative estimate of drug-likeness (QED) is 0.789. The van der Waals surface area contributed by atoms with Crippen LogP contribution >= 0.6 is 0 Å². The van der Waals surface area contributed by atoms with Gasteiger partial charge < -0.3 is 5.32 Å². The molecule has 1 aromatic carbocycles. The third-order valence-electron chi connectivity index (χ3n) is 3.27. The summed E-state index contributed by atoms with van der Waals surface area (Å²) in [5.74, 6) is 0.547. The molecule has 22 heavy (non-hydrogen) atoms. The molecule has 0 aliphatic rings. The number of carbonyl (C=O) groups excluding carboxylic acids is 1. The van der Waals surface area contributed by atoms with Gasteiger partial charge in [-0.1, -0.05) is 32.9 Å². The number of hydrogen-bond acceptors (Lipinski definition) is 4. The van der Waals surface area contributed by atoms with Gasteiger partial charge in [-0.3, -0.25) is 9.20 Å². The van der Waals surface area contributed by atoms with E-state index in [1.165, 1.54) is 0 Å². The molecule has 0 saturated carbocycles. The van der Waals surface area contributed by atoms with Crippen LogP contribution in [0.1, 0.15) is 20.8 Å². The fraction of sp³-hybridized carbons (Fsp3) is 0.250. The summed E-state index contributed by atoms with van der Waals surface area (Å²) in [7, 11) is 0. The molecule has 2 aromatic heterocycles. The monoisotopic (exact) mass is 295 g/mol. The summed E-state index contributed by atoms with van der Waals surface area (Å²) in [4.78, 5) is 16.4. The lowest BCUT2D eigenvalue weighted by atomic mass is 9.95. The van der Waals surface area contributed by atoms with Crippen LogP contribution in [-0.4, -0.2) is 25.5 Å². The van der Waals surface area contributed by atoms with E-state index >= 15 is 0 Å². The predicted molar refractivity (Wildman–Crippen MR) is 84.3 cm³/mol. The van der Waals surface area contributed by atoms with Crippen molar-refractivity contribution >= 4 is 17.4 Å². The van der Waals surface area contributed by atoms with E-state index in [0.29, 0.717) is 5.78 Å². The zero-order valence-electron chi connectivity index (χ0n) is 12.7. The molecular weight excluding hydrogens is 278 g/mol. The van der Waals surface area contributed by atoms with E-state index in [0.717, 1.165) is 16.9 Å². The second-order valence-corrected chi connectivity index (χ2v) is 6.13. The summed E-state index contributed by atoms with van der Waals surface area (Å²) in [6, 6.07) is 7.59. The lowest BCUT2D eigenvalue weighted by molar-refractivity contribution is -0.123. The van der Waals surface area contributed by atoms with Crippen LogP contribution in [0.4, 0.5) is 5.69 Å². The minimum Gasteiger partial charge on any atom is -0.326 e. The van der Waals surface area contributed by atoms with Crippen molar-refractivity contribution in [2.75, 3.05) is 5.32 Å². The van der Waals surface area contributed by atoms with Crippen LogP contribution < -0.4 is 5.32 Å². The van der Waals surface area contributed by atoms with Gasteiger partial charge in [0.1, 0.15) is 0 Å². The van der Waals surface area contributed by atoms with Gasteiger partial charge in [0, 0.05) is 29.1 Å². The zero-order valence-corrected chi connectivity index (χ0v) is 12.7. The van der Waals surface area contributed by atoms with Crippen LogP contribution in [-0.2, 0) is 4.79 Å². The Bertz CT molecular complexity index is 781. The Morgan fingerprint density at radius 3 is 2.55 bits per heavy atom. The summed E-state index contributed by atoms with van der Waals surface area (Å²) >= 11 is 0. The Hall–Kier alpha value is -2.76. The van der Waals surface area contributed by atoms with Crippen LogP contribution in [0.5, 0.6) is 0 Å². The van der Waals surface area contributed by atoms with Crippen LogP contribution in [0.2, 0.25) is 0 Å². The second-order valence-electron chi connectivity index (χ2n) is 6.13. The fourth-order valence-electron chi connectivity index (χ4n) is 1.94. The minimum atomic E-state index is -0.418. The van der Waals surface area contributed by atoms with Crippen molar-refractivity contribution in [2.45, 2.75) is 20.8 Å². The normalized spacial score (nSPS) is 11.6. The standard InChI is InChI=1S/C16H17N5O/c1-16(2,3)14(22)18-12-6-4-11(5-7-12)13-10-21-9-8-17-20-15(21)19-13/h4-10H,1-3H3,(H,18,22). The highest BCUT2D eigenvalue weighted by Gasteiger charge is 2.21. The van der Waals surface area contributed by atoms with Crippen molar-refractivity contribution in [1.29, 1.82) is 0 Å². The molecule has 0 aliphatic heterocycles. The van der Waals surface area contributed by atoms with Crippen molar-refractivity contribution in [3.05, 3.63) is 42.9 Å². The van der Waals surface area contributed by atoms with Crippen LogP contribution in [0.15, 0.2) is 42.9 Å². The van der Waals surface area contributed by atoms with E-state index in [1.807, 2.05) is 55.6 Å². The molecule has 6 nitrogen and oxygen atoms in total. The Kier molecular flexibility index (Phi) is 3.36. The molecule has 6 heteroatoms.